The first-order chi connectivity index (χ1) is 9.81. The topological polar surface area (TPSA) is 9.23 Å². The zero-order valence-electron chi connectivity index (χ0n) is 11.9. The van der Waals surface area contributed by atoms with Crippen molar-refractivity contribution in [2.24, 2.45) is 23.7 Å². The summed E-state index contributed by atoms with van der Waals surface area (Å²) in [6.07, 6.45) is 8.31. The standard InChI is InChI=1S/C18H23ClO/c19-18(9-12-5-2-1-3-6-12)20-17-11-13-10-16(17)15-8-4-7-14(13)15/h1-3,5-6,13-18H,4,7-11H2. The fraction of sp³-hybridized carbons (Fsp3) is 0.667. The van der Waals surface area contributed by atoms with Gasteiger partial charge in [-0.15, -0.1) is 0 Å². The van der Waals surface area contributed by atoms with Gasteiger partial charge in [0, 0.05) is 6.42 Å². The molecular weight excluding hydrogens is 268 g/mol. The summed E-state index contributed by atoms with van der Waals surface area (Å²) in [7, 11) is 0. The summed E-state index contributed by atoms with van der Waals surface area (Å²) in [6.45, 7) is 0. The van der Waals surface area contributed by atoms with Gasteiger partial charge in [-0.25, -0.2) is 0 Å². The number of hydrogen-bond donors (Lipinski definition) is 0. The van der Waals surface area contributed by atoms with Gasteiger partial charge >= 0.3 is 0 Å². The molecule has 0 spiro atoms. The number of alkyl halides is 1. The van der Waals surface area contributed by atoms with Crippen LogP contribution in [0.5, 0.6) is 0 Å². The molecule has 20 heavy (non-hydrogen) atoms. The van der Waals surface area contributed by atoms with Crippen molar-refractivity contribution < 1.29 is 4.74 Å². The van der Waals surface area contributed by atoms with Gasteiger partial charge < -0.3 is 4.74 Å². The van der Waals surface area contributed by atoms with Crippen molar-refractivity contribution in [2.75, 3.05) is 0 Å². The highest BCUT2D eigenvalue weighted by Crippen LogP contribution is 2.59. The molecule has 0 saturated heterocycles. The lowest BCUT2D eigenvalue weighted by molar-refractivity contribution is -0.0259. The summed E-state index contributed by atoms with van der Waals surface area (Å²) >= 11 is 6.45. The minimum Gasteiger partial charge on any atom is -0.359 e. The summed E-state index contributed by atoms with van der Waals surface area (Å²) in [5.74, 6) is 3.74. The van der Waals surface area contributed by atoms with Crippen molar-refractivity contribution >= 4 is 11.6 Å². The smallest absolute Gasteiger partial charge is 0.135 e. The van der Waals surface area contributed by atoms with Gasteiger partial charge in [-0.1, -0.05) is 48.4 Å². The first kappa shape index (κ1) is 13.2. The van der Waals surface area contributed by atoms with E-state index in [0.29, 0.717) is 6.10 Å². The van der Waals surface area contributed by atoms with Crippen LogP contribution in [0.15, 0.2) is 30.3 Å². The van der Waals surface area contributed by atoms with Gasteiger partial charge in [-0.3, -0.25) is 0 Å². The first-order valence-electron chi connectivity index (χ1n) is 8.14. The van der Waals surface area contributed by atoms with Gasteiger partial charge in [0.05, 0.1) is 6.10 Å². The first-order valence-corrected chi connectivity index (χ1v) is 8.58. The Morgan fingerprint density at radius 2 is 1.85 bits per heavy atom. The Morgan fingerprint density at radius 3 is 2.70 bits per heavy atom. The molecule has 6 atom stereocenters. The Labute approximate surface area is 126 Å². The monoisotopic (exact) mass is 290 g/mol. The van der Waals surface area contributed by atoms with Gasteiger partial charge in [-0.05, 0) is 54.9 Å². The molecule has 3 fully saturated rings. The summed E-state index contributed by atoms with van der Waals surface area (Å²) in [4.78, 5) is 0. The number of benzene rings is 1. The Hall–Kier alpha value is -0.530. The molecule has 1 aromatic rings. The quantitative estimate of drug-likeness (QED) is 0.734. The predicted octanol–water partition coefficient (Wildman–Crippen LogP) is 4.64. The predicted molar refractivity (Wildman–Crippen MR) is 81.7 cm³/mol. The van der Waals surface area contributed by atoms with E-state index in [1.54, 1.807) is 0 Å². The lowest BCUT2D eigenvalue weighted by Crippen LogP contribution is -2.32. The van der Waals surface area contributed by atoms with E-state index in [-0.39, 0.29) is 5.56 Å². The van der Waals surface area contributed by atoms with Gasteiger partial charge in [0.2, 0.25) is 0 Å². The van der Waals surface area contributed by atoms with Crippen LogP contribution in [-0.4, -0.2) is 11.7 Å². The molecule has 2 heteroatoms. The normalized spacial score (nSPS) is 40.0. The molecule has 2 bridgehead atoms. The van der Waals surface area contributed by atoms with E-state index in [1.165, 1.54) is 37.7 Å². The third-order valence-corrected chi connectivity index (χ3v) is 6.19. The Morgan fingerprint density at radius 1 is 1.05 bits per heavy atom. The molecule has 0 aromatic heterocycles. The van der Waals surface area contributed by atoms with E-state index in [9.17, 15) is 0 Å². The van der Waals surface area contributed by atoms with Crippen molar-refractivity contribution in [3.63, 3.8) is 0 Å². The van der Waals surface area contributed by atoms with E-state index in [0.717, 1.165) is 30.1 Å². The molecule has 6 unspecified atom stereocenters. The Kier molecular flexibility index (Phi) is 3.52. The van der Waals surface area contributed by atoms with Crippen LogP contribution in [0, 0.1) is 23.7 Å². The number of hydrogen-bond acceptors (Lipinski definition) is 1. The van der Waals surface area contributed by atoms with Crippen molar-refractivity contribution in [3.8, 4) is 0 Å². The maximum atomic E-state index is 6.45. The lowest BCUT2D eigenvalue weighted by Gasteiger charge is -2.32. The zero-order chi connectivity index (χ0) is 13.5. The minimum absolute atomic E-state index is 0.165. The highest BCUT2D eigenvalue weighted by molar-refractivity contribution is 6.19. The highest BCUT2D eigenvalue weighted by atomic mass is 35.5. The van der Waals surface area contributed by atoms with Crippen LogP contribution in [0.3, 0.4) is 0 Å². The van der Waals surface area contributed by atoms with Gasteiger partial charge in [0.25, 0.3) is 0 Å². The molecule has 0 N–H and O–H groups in total. The molecule has 0 heterocycles. The van der Waals surface area contributed by atoms with Crippen molar-refractivity contribution in [1.29, 1.82) is 0 Å². The molecule has 0 radical (unpaired) electrons. The largest absolute Gasteiger partial charge is 0.359 e. The van der Waals surface area contributed by atoms with Crippen LogP contribution >= 0.6 is 11.6 Å². The molecular formula is C18H23ClO. The molecule has 4 rings (SSSR count). The van der Waals surface area contributed by atoms with Gasteiger partial charge in [0.1, 0.15) is 5.56 Å². The van der Waals surface area contributed by atoms with Crippen LogP contribution in [0.4, 0.5) is 0 Å². The second kappa shape index (κ2) is 5.35. The highest BCUT2D eigenvalue weighted by Gasteiger charge is 2.54. The fourth-order valence-electron chi connectivity index (χ4n) is 5.20. The van der Waals surface area contributed by atoms with E-state index in [2.05, 4.69) is 24.3 Å². The Balaban J connectivity index is 1.36. The van der Waals surface area contributed by atoms with Gasteiger partial charge in [0.15, 0.2) is 0 Å². The van der Waals surface area contributed by atoms with Crippen LogP contribution in [0.1, 0.15) is 37.7 Å². The number of rotatable bonds is 4. The summed E-state index contributed by atoms with van der Waals surface area (Å²) in [5.41, 5.74) is 1.11. The average Bonchev–Trinajstić information content (AvgIpc) is 3.11. The molecule has 3 aliphatic carbocycles. The molecule has 108 valence electrons. The lowest BCUT2D eigenvalue weighted by atomic mass is 9.80. The van der Waals surface area contributed by atoms with Crippen LogP contribution < -0.4 is 0 Å². The molecule has 3 aliphatic rings. The maximum Gasteiger partial charge on any atom is 0.135 e. The van der Waals surface area contributed by atoms with E-state index in [1.807, 2.05) is 6.07 Å². The fourth-order valence-corrected chi connectivity index (χ4v) is 5.51. The number of fused-ring (bicyclic) bond motifs is 5. The molecule has 0 amide bonds. The van der Waals surface area contributed by atoms with E-state index >= 15 is 0 Å². The minimum atomic E-state index is -0.165. The van der Waals surface area contributed by atoms with Crippen LogP contribution in [-0.2, 0) is 11.2 Å². The third kappa shape index (κ3) is 2.29. The van der Waals surface area contributed by atoms with Crippen molar-refractivity contribution in [3.05, 3.63) is 35.9 Å². The maximum absolute atomic E-state index is 6.45. The number of halogens is 1. The number of ether oxygens (including phenoxy) is 1. The van der Waals surface area contributed by atoms with Gasteiger partial charge in [-0.2, -0.15) is 0 Å². The summed E-state index contributed by atoms with van der Waals surface area (Å²) < 4.78 is 6.22. The van der Waals surface area contributed by atoms with Crippen molar-refractivity contribution in [2.45, 2.75) is 50.2 Å². The van der Waals surface area contributed by atoms with Crippen LogP contribution in [0.25, 0.3) is 0 Å². The van der Waals surface area contributed by atoms with E-state index in [4.69, 9.17) is 16.3 Å². The average molecular weight is 291 g/mol. The Bertz CT molecular complexity index is 460. The summed E-state index contributed by atoms with van der Waals surface area (Å²) in [5, 5.41) is 0. The molecule has 1 nitrogen and oxygen atoms in total. The van der Waals surface area contributed by atoms with Crippen LogP contribution in [0.2, 0.25) is 0 Å². The SMILES string of the molecule is ClC(Cc1ccccc1)OC1CC2CC1C1CCCC21. The second-order valence-electron chi connectivity index (χ2n) is 6.93. The summed E-state index contributed by atoms with van der Waals surface area (Å²) in [6, 6.07) is 10.4. The molecule has 3 saturated carbocycles. The second-order valence-corrected chi connectivity index (χ2v) is 7.42. The third-order valence-electron chi connectivity index (χ3n) is 5.93. The molecule has 0 aliphatic heterocycles. The molecule has 1 aromatic carbocycles. The van der Waals surface area contributed by atoms with Crippen molar-refractivity contribution in [1.82, 2.24) is 0 Å². The zero-order valence-corrected chi connectivity index (χ0v) is 12.6. The van der Waals surface area contributed by atoms with E-state index < -0.39 is 0 Å².